The van der Waals surface area contributed by atoms with Crippen molar-refractivity contribution in [2.75, 3.05) is 25.0 Å². The van der Waals surface area contributed by atoms with E-state index in [1.165, 1.54) is 6.42 Å². The zero-order valence-corrected chi connectivity index (χ0v) is 15.4. The van der Waals surface area contributed by atoms with Crippen LogP contribution >= 0.6 is 11.6 Å². The summed E-state index contributed by atoms with van der Waals surface area (Å²) in [7, 11) is 0. The summed E-state index contributed by atoms with van der Waals surface area (Å²) in [4.78, 5) is 27.4. The number of benzene rings is 1. The molecule has 2 atom stereocenters. The third-order valence-electron chi connectivity index (χ3n) is 5.11. The molecule has 2 saturated heterocycles. The van der Waals surface area contributed by atoms with Crippen molar-refractivity contribution in [2.45, 2.75) is 45.1 Å². The normalized spacial score (nSPS) is 24.0. The van der Waals surface area contributed by atoms with Crippen molar-refractivity contribution in [3.63, 3.8) is 0 Å². The van der Waals surface area contributed by atoms with Crippen molar-refractivity contribution < 1.29 is 9.59 Å². The van der Waals surface area contributed by atoms with Crippen molar-refractivity contribution in [1.82, 2.24) is 10.2 Å². The second-order valence-corrected chi connectivity index (χ2v) is 7.54. The van der Waals surface area contributed by atoms with Gasteiger partial charge in [0.25, 0.3) is 5.91 Å². The van der Waals surface area contributed by atoms with Crippen LogP contribution in [0.25, 0.3) is 0 Å². The number of hydrogen-bond acceptors (Lipinski definition) is 3. The predicted molar refractivity (Wildman–Crippen MR) is 100 cm³/mol. The van der Waals surface area contributed by atoms with E-state index in [4.69, 9.17) is 11.6 Å². The first-order chi connectivity index (χ1) is 12.0. The molecule has 2 aliphatic rings. The maximum Gasteiger partial charge on any atom is 0.255 e. The Bertz CT molecular complexity index is 644. The molecule has 0 saturated carbocycles. The fourth-order valence-electron chi connectivity index (χ4n) is 3.68. The fourth-order valence-corrected chi connectivity index (χ4v) is 3.85. The van der Waals surface area contributed by atoms with Gasteiger partial charge in [0.15, 0.2) is 0 Å². The minimum Gasteiger partial charge on any atom is -0.339 e. The van der Waals surface area contributed by atoms with Gasteiger partial charge in [-0.3, -0.25) is 9.59 Å². The molecule has 2 heterocycles. The molecule has 2 amide bonds. The van der Waals surface area contributed by atoms with Gasteiger partial charge in [-0.2, -0.15) is 0 Å². The number of piperidine rings is 2. The molecule has 1 aromatic carbocycles. The van der Waals surface area contributed by atoms with Gasteiger partial charge < -0.3 is 15.5 Å². The molecule has 0 spiro atoms. The van der Waals surface area contributed by atoms with E-state index in [-0.39, 0.29) is 17.7 Å². The highest BCUT2D eigenvalue weighted by molar-refractivity contribution is 6.31. The molecule has 2 N–H and O–H groups in total. The molecule has 0 aliphatic carbocycles. The molecule has 5 nitrogen and oxygen atoms in total. The molecule has 25 heavy (non-hydrogen) atoms. The summed E-state index contributed by atoms with van der Waals surface area (Å²) in [6.07, 6.45) is 4.86. The predicted octanol–water partition coefficient (Wildman–Crippen LogP) is 3.29. The summed E-state index contributed by atoms with van der Waals surface area (Å²) < 4.78 is 0. The van der Waals surface area contributed by atoms with E-state index >= 15 is 0 Å². The van der Waals surface area contributed by atoms with Crippen LogP contribution in [0.2, 0.25) is 5.02 Å². The van der Waals surface area contributed by atoms with Gasteiger partial charge in [-0.25, -0.2) is 0 Å². The SMILES string of the molecule is C[C@H]1C[C@@H](C(=O)Nc2cc(Cl)ccc2C(=O)N2CCCCC2)CCN1. The first-order valence-corrected chi connectivity index (χ1v) is 9.55. The lowest BCUT2D eigenvalue weighted by Crippen LogP contribution is -2.40. The molecule has 3 rings (SSSR count). The molecule has 0 aromatic heterocycles. The van der Waals surface area contributed by atoms with Crippen LogP contribution in [0.5, 0.6) is 0 Å². The van der Waals surface area contributed by atoms with Gasteiger partial charge in [-0.15, -0.1) is 0 Å². The molecule has 6 heteroatoms. The average Bonchev–Trinajstić information content (AvgIpc) is 2.62. The zero-order chi connectivity index (χ0) is 17.8. The van der Waals surface area contributed by atoms with Crippen LogP contribution in [0, 0.1) is 5.92 Å². The van der Waals surface area contributed by atoms with Crippen molar-refractivity contribution in [1.29, 1.82) is 0 Å². The number of nitrogens with zero attached hydrogens (tertiary/aromatic N) is 1. The summed E-state index contributed by atoms with van der Waals surface area (Å²) in [5, 5.41) is 6.83. The highest BCUT2D eigenvalue weighted by atomic mass is 35.5. The Labute approximate surface area is 154 Å². The number of carbonyl (C=O) groups excluding carboxylic acids is 2. The van der Waals surface area contributed by atoms with Crippen molar-refractivity contribution in [3.05, 3.63) is 28.8 Å². The van der Waals surface area contributed by atoms with Crippen LogP contribution in [0.15, 0.2) is 18.2 Å². The zero-order valence-electron chi connectivity index (χ0n) is 14.7. The molecule has 0 unspecified atom stereocenters. The Morgan fingerprint density at radius 2 is 2.00 bits per heavy atom. The lowest BCUT2D eigenvalue weighted by Gasteiger charge is -2.29. The first kappa shape index (κ1) is 18.2. The number of anilines is 1. The number of halogens is 1. The Kier molecular flexibility index (Phi) is 5.97. The summed E-state index contributed by atoms with van der Waals surface area (Å²) in [6, 6.07) is 5.44. The van der Waals surface area contributed by atoms with Crippen LogP contribution in [-0.2, 0) is 4.79 Å². The average molecular weight is 364 g/mol. The standard InChI is InChI=1S/C19H26ClN3O2/c1-13-11-14(7-8-21-13)18(24)22-17-12-15(20)5-6-16(17)19(25)23-9-3-2-4-10-23/h5-6,12-14,21H,2-4,7-11H2,1H3,(H,22,24)/t13-,14-/m0/s1. The first-order valence-electron chi connectivity index (χ1n) is 9.17. The van der Waals surface area contributed by atoms with Crippen LogP contribution in [0.1, 0.15) is 49.4 Å². The van der Waals surface area contributed by atoms with Gasteiger partial charge in [0.2, 0.25) is 5.91 Å². The molecule has 136 valence electrons. The Morgan fingerprint density at radius 3 is 2.72 bits per heavy atom. The number of carbonyl (C=O) groups is 2. The van der Waals surface area contributed by atoms with E-state index in [1.807, 2.05) is 4.90 Å². The summed E-state index contributed by atoms with van der Waals surface area (Å²) >= 11 is 6.11. The number of nitrogens with one attached hydrogen (secondary N) is 2. The van der Waals surface area contributed by atoms with Crippen molar-refractivity contribution in [2.24, 2.45) is 5.92 Å². The van der Waals surface area contributed by atoms with Crippen LogP contribution in [0.3, 0.4) is 0 Å². The van der Waals surface area contributed by atoms with Crippen molar-refractivity contribution in [3.8, 4) is 0 Å². The molecule has 2 fully saturated rings. The molecule has 0 bridgehead atoms. The van der Waals surface area contributed by atoms with Crippen LogP contribution in [0.4, 0.5) is 5.69 Å². The molecule has 2 aliphatic heterocycles. The quantitative estimate of drug-likeness (QED) is 0.866. The van der Waals surface area contributed by atoms with E-state index < -0.39 is 0 Å². The molecular weight excluding hydrogens is 338 g/mol. The van der Waals surface area contributed by atoms with E-state index in [1.54, 1.807) is 18.2 Å². The fraction of sp³-hybridized carbons (Fsp3) is 0.579. The minimum atomic E-state index is -0.0341. The molecular formula is C19H26ClN3O2. The van der Waals surface area contributed by atoms with Crippen LogP contribution < -0.4 is 10.6 Å². The van der Waals surface area contributed by atoms with Gasteiger partial charge in [0.05, 0.1) is 11.3 Å². The van der Waals surface area contributed by atoms with E-state index in [0.717, 1.165) is 45.3 Å². The Hall–Kier alpha value is -1.59. The number of amides is 2. The second-order valence-electron chi connectivity index (χ2n) is 7.11. The third kappa shape index (κ3) is 4.53. The number of likely N-dealkylation sites (tertiary alicyclic amines) is 1. The lowest BCUT2D eigenvalue weighted by molar-refractivity contribution is -0.120. The van der Waals surface area contributed by atoms with Crippen molar-refractivity contribution >= 4 is 29.1 Å². The van der Waals surface area contributed by atoms with Gasteiger partial charge in [0, 0.05) is 30.1 Å². The Balaban J connectivity index is 1.76. The van der Waals surface area contributed by atoms with Gasteiger partial charge in [-0.1, -0.05) is 11.6 Å². The smallest absolute Gasteiger partial charge is 0.255 e. The second kappa shape index (κ2) is 8.19. The highest BCUT2D eigenvalue weighted by Gasteiger charge is 2.27. The number of rotatable bonds is 3. The maximum absolute atomic E-state index is 12.9. The maximum atomic E-state index is 12.9. The summed E-state index contributed by atoms with van der Waals surface area (Å²) in [5.74, 6) is -0.0816. The topological polar surface area (TPSA) is 61.4 Å². The lowest BCUT2D eigenvalue weighted by atomic mass is 9.92. The molecule has 0 radical (unpaired) electrons. The van der Waals surface area contributed by atoms with Gasteiger partial charge in [-0.05, 0) is 63.8 Å². The third-order valence-corrected chi connectivity index (χ3v) is 5.34. The van der Waals surface area contributed by atoms with Gasteiger partial charge in [0.1, 0.15) is 0 Å². The number of hydrogen-bond donors (Lipinski definition) is 2. The monoisotopic (exact) mass is 363 g/mol. The van der Waals surface area contributed by atoms with E-state index in [2.05, 4.69) is 17.6 Å². The van der Waals surface area contributed by atoms with Crippen LogP contribution in [-0.4, -0.2) is 42.4 Å². The largest absolute Gasteiger partial charge is 0.339 e. The Morgan fingerprint density at radius 1 is 1.24 bits per heavy atom. The summed E-state index contributed by atoms with van der Waals surface area (Å²) in [5.41, 5.74) is 1.06. The minimum absolute atomic E-state index is 0.0228. The van der Waals surface area contributed by atoms with E-state index in [0.29, 0.717) is 22.3 Å². The molecule has 1 aromatic rings. The van der Waals surface area contributed by atoms with Gasteiger partial charge >= 0.3 is 0 Å². The highest BCUT2D eigenvalue weighted by Crippen LogP contribution is 2.26. The summed E-state index contributed by atoms with van der Waals surface area (Å²) in [6.45, 7) is 4.49. The van der Waals surface area contributed by atoms with E-state index in [9.17, 15) is 9.59 Å².